The van der Waals surface area contributed by atoms with Gasteiger partial charge >= 0.3 is 19.8 Å². The Hall–Kier alpha value is -4.63. The molecular formula is C80H133NO8P+. The van der Waals surface area contributed by atoms with Crippen LogP contribution in [-0.2, 0) is 32.7 Å². The lowest BCUT2D eigenvalue weighted by Crippen LogP contribution is -2.37. The van der Waals surface area contributed by atoms with Crippen LogP contribution in [0.1, 0.15) is 271 Å². The number of likely N-dealkylation sites (N-methyl/N-ethyl adjacent to an activating group) is 1. The number of phosphoric acid groups is 1. The Morgan fingerprint density at radius 1 is 0.344 bits per heavy atom. The number of unbranched alkanes of at least 4 members (excludes halogenated alkanes) is 22. The number of phosphoric ester groups is 1. The molecule has 0 bridgehead atoms. The van der Waals surface area contributed by atoms with Gasteiger partial charge in [0.15, 0.2) is 6.10 Å². The first kappa shape index (κ1) is 85.4. The molecule has 9 nitrogen and oxygen atoms in total. The third-order valence-corrected chi connectivity index (χ3v) is 15.7. The lowest BCUT2D eigenvalue weighted by molar-refractivity contribution is -0.870. The van der Waals surface area contributed by atoms with Crippen molar-refractivity contribution in [3.05, 3.63) is 170 Å². The van der Waals surface area contributed by atoms with Crippen LogP contribution in [0.4, 0.5) is 0 Å². The molecule has 0 heterocycles. The summed E-state index contributed by atoms with van der Waals surface area (Å²) in [5.41, 5.74) is 0. The number of rotatable bonds is 64. The SMILES string of the molecule is CC/C=C\C/C=C\C/C=C\C/C=C\C/C=C\C/C=C\C/C=C\CCCCCCCCCCCCCCCCCCCCCC(=O)OC(COC(=O)CCCCC/C=C\C/C=C\C/C=C\C/C=C\C/C=C\C/C=C\C/C=C\CC)COP(=O)(O)OCC[N+](C)(C)C. The first-order valence-electron chi connectivity index (χ1n) is 35.9. The number of hydrogen-bond acceptors (Lipinski definition) is 7. The molecule has 0 fully saturated rings. The topological polar surface area (TPSA) is 108 Å². The second-order valence-corrected chi connectivity index (χ2v) is 26.0. The molecule has 90 heavy (non-hydrogen) atoms. The number of nitrogens with zero attached hydrogens (tertiary/aromatic N) is 1. The van der Waals surface area contributed by atoms with E-state index in [1.165, 1.54) is 103 Å². The van der Waals surface area contributed by atoms with Crippen LogP contribution in [0.5, 0.6) is 0 Å². The highest BCUT2D eigenvalue weighted by atomic mass is 31.2. The smallest absolute Gasteiger partial charge is 0.462 e. The zero-order chi connectivity index (χ0) is 65.5. The van der Waals surface area contributed by atoms with Crippen molar-refractivity contribution < 1.29 is 42.1 Å². The van der Waals surface area contributed by atoms with Crippen molar-refractivity contribution in [1.82, 2.24) is 0 Å². The molecule has 0 aromatic carbocycles. The summed E-state index contributed by atoms with van der Waals surface area (Å²) in [5, 5.41) is 0. The molecule has 0 aromatic heterocycles. The molecule has 0 aliphatic rings. The minimum atomic E-state index is -4.41. The molecular weight excluding hydrogens is 1130 g/mol. The molecule has 0 aromatic rings. The van der Waals surface area contributed by atoms with Crippen molar-refractivity contribution >= 4 is 19.8 Å². The largest absolute Gasteiger partial charge is 0.472 e. The third kappa shape index (κ3) is 72.4. The van der Waals surface area contributed by atoms with Crippen molar-refractivity contribution in [2.45, 2.75) is 277 Å². The molecule has 0 rings (SSSR count). The second-order valence-electron chi connectivity index (χ2n) is 24.5. The van der Waals surface area contributed by atoms with Gasteiger partial charge in [0.25, 0.3) is 0 Å². The van der Waals surface area contributed by atoms with Gasteiger partial charge in [-0.15, -0.1) is 0 Å². The van der Waals surface area contributed by atoms with E-state index >= 15 is 0 Å². The van der Waals surface area contributed by atoms with Gasteiger partial charge < -0.3 is 18.9 Å². The molecule has 1 N–H and O–H groups in total. The minimum Gasteiger partial charge on any atom is -0.462 e. The Bertz CT molecular complexity index is 2130. The Morgan fingerprint density at radius 2 is 0.600 bits per heavy atom. The molecule has 0 saturated heterocycles. The Balaban J connectivity index is 4.06. The molecule has 2 atom stereocenters. The normalized spacial score (nSPS) is 14.2. The number of quaternary nitrogens is 1. The highest BCUT2D eigenvalue weighted by Gasteiger charge is 2.27. The van der Waals surface area contributed by atoms with E-state index < -0.39 is 32.5 Å². The highest BCUT2D eigenvalue weighted by Crippen LogP contribution is 2.43. The molecule has 0 radical (unpaired) electrons. The number of ether oxygens (including phenoxy) is 2. The summed E-state index contributed by atoms with van der Waals surface area (Å²) in [5.74, 6) is -0.840. The van der Waals surface area contributed by atoms with Crippen LogP contribution in [0.2, 0.25) is 0 Å². The van der Waals surface area contributed by atoms with Gasteiger partial charge in [-0.25, -0.2) is 4.57 Å². The fourth-order valence-corrected chi connectivity index (χ4v) is 10.1. The highest BCUT2D eigenvalue weighted by molar-refractivity contribution is 7.47. The Labute approximate surface area is 553 Å². The maximum Gasteiger partial charge on any atom is 0.472 e. The number of carbonyl (C=O) groups is 2. The van der Waals surface area contributed by atoms with Gasteiger partial charge in [0.2, 0.25) is 0 Å². The van der Waals surface area contributed by atoms with E-state index in [1.807, 2.05) is 21.1 Å². The Morgan fingerprint density at radius 3 is 0.900 bits per heavy atom. The first-order valence-corrected chi connectivity index (χ1v) is 37.4. The van der Waals surface area contributed by atoms with Gasteiger partial charge in [-0.1, -0.05) is 300 Å². The van der Waals surface area contributed by atoms with Crippen LogP contribution in [-0.4, -0.2) is 74.9 Å². The van der Waals surface area contributed by atoms with E-state index in [1.54, 1.807) is 0 Å². The standard InChI is InChI=1S/C80H132NO8P/c1-6-8-10-12-14-16-18-20-22-24-26-28-30-32-33-34-35-36-37-38-39-40-41-42-43-44-45-46-47-49-51-53-55-57-59-61-63-65-67-69-71-73-80(83)89-78(77-88-90(84,85)87-75-74-81(3,4)5)76-86-79(82)72-70-68-66-64-62-60-58-56-54-52-50-48-31-29-27-25-23-21-19-17-15-13-11-9-7-2/h8-11,14-17,20-23,26-29,32-33,35-36,38-39,48,50,54,56,60,62,78H,6-7,12-13,18-19,24-25,30-31,34,37,40-47,49,51-53,55,57-59,61,63-77H2,1-5H3/p+1/b10-8-,11-9-,16-14-,17-15-,22-20-,23-21-,28-26-,29-27-,33-32-,36-35-,39-38-,50-48-,56-54-,62-60-. The zero-order valence-electron chi connectivity index (χ0n) is 58.1. The number of hydrogen-bond donors (Lipinski definition) is 1. The number of carbonyl (C=O) groups excluding carboxylic acids is 2. The van der Waals surface area contributed by atoms with Crippen LogP contribution in [0.3, 0.4) is 0 Å². The summed E-state index contributed by atoms with van der Waals surface area (Å²) in [7, 11) is 1.44. The molecule has 0 spiro atoms. The summed E-state index contributed by atoms with van der Waals surface area (Å²) in [4.78, 5) is 35.9. The fraction of sp³-hybridized carbons (Fsp3) is 0.625. The maximum atomic E-state index is 12.9. The van der Waals surface area contributed by atoms with Gasteiger partial charge in [0.1, 0.15) is 19.8 Å². The summed E-state index contributed by atoms with van der Waals surface area (Å²) < 4.78 is 34.7. The quantitative estimate of drug-likeness (QED) is 0.0211. The van der Waals surface area contributed by atoms with E-state index in [2.05, 4.69) is 184 Å². The summed E-state index contributed by atoms with van der Waals surface area (Å²) in [6, 6.07) is 0. The molecule has 0 amide bonds. The van der Waals surface area contributed by atoms with Gasteiger partial charge in [-0.05, 0) is 128 Å². The monoisotopic (exact) mass is 1270 g/mol. The molecule has 0 aliphatic heterocycles. The lowest BCUT2D eigenvalue weighted by Gasteiger charge is -2.24. The Kier molecular flexibility index (Phi) is 65.2. The van der Waals surface area contributed by atoms with Crippen molar-refractivity contribution in [3.8, 4) is 0 Å². The van der Waals surface area contributed by atoms with Gasteiger partial charge in [0.05, 0.1) is 27.7 Å². The van der Waals surface area contributed by atoms with Crippen molar-refractivity contribution in [2.75, 3.05) is 47.5 Å². The third-order valence-electron chi connectivity index (χ3n) is 14.7. The predicted molar refractivity (Wildman–Crippen MR) is 389 cm³/mol. The number of esters is 2. The minimum absolute atomic E-state index is 0.0188. The van der Waals surface area contributed by atoms with E-state index in [0.29, 0.717) is 23.9 Å². The van der Waals surface area contributed by atoms with Gasteiger partial charge in [-0.2, -0.15) is 0 Å². The van der Waals surface area contributed by atoms with Gasteiger partial charge in [0, 0.05) is 12.8 Å². The molecule has 0 saturated carbocycles. The number of allylic oxidation sites excluding steroid dienone is 28. The second kappa shape index (κ2) is 68.7. The fourth-order valence-electron chi connectivity index (χ4n) is 9.33. The summed E-state index contributed by atoms with van der Waals surface area (Å²) in [6.07, 6.45) is 105. The van der Waals surface area contributed by atoms with E-state index in [9.17, 15) is 19.0 Å². The molecule has 2 unspecified atom stereocenters. The molecule has 510 valence electrons. The van der Waals surface area contributed by atoms with Crippen molar-refractivity contribution in [3.63, 3.8) is 0 Å². The summed E-state index contributed by atoms with van der Waals surface area (Å²) >= 11 is 0. The van der Waals surface area contributed by atoms with E-state index in [-0.39, 0.29) is 26.1 Å². The van der Waals surface area contributed by atoms with Crippen molar-refractivity contribution in [1.29, 1.82) is 0 Å². The van der Waals surface area contributed by atoms with Crippen LogP contribution < -0.4 is 0 Å². The van der Waals surface area contributed by atoms with Crippen LogP contribution in [0.25, 0.3) is 0 Å². The predicted octanol–water partition coefficient (Wildman–Crippen LogP) is 23.7. The molecule has 0 aliphatic carbocycles. The van der Waals surface area contributed by atoms with Crippen LogP contribution >= 0.6 is 7.82 Å². The van der Waals surface area contributed by atoms with Crippen molar-refractivity contribution in [2.24, 2.45) is 0 Å². The average molecular weight is 1270 g/mol. The molecule has 10 heteroatoms. The first-order chi connectivity index (χ1) is 44.0. The maximum absolute atomic E-state index is 12.9. The summed E-state index contributed by atoms with van der Waals surface area (Å²) in [6.45, 7) is 4.16. The lowest BCUT2D eigenvalue weighted by atomic mass is 10.0. The van der Waals surface area contributed by atoms with E-state index in [0.717, 1.165) is 128 Å². The zero-order valence-corrected chi connectivity index (χ0v) is 58.9. The van der Waals surface area contributed by atoms with E-state index in [4.69, 9.17) is 18.5 Å². The van der Waals surface area contributed by atoms with Gasteiger partial charge in [-0.3, -0.25) is 18.6 Å². The average Bonchev–Trinajstić information content (AvgIpc) is 3.62. The van der Waals surface area contributed by atoms with Crippen LogP contribution in [0, 0.1) is 0 Å². The van der Waals surface area contributed by atoms with Crippen LogP contribution in [0.15, 0.2) is 170 Å².